The number of ether oxygens (including phenoxy) is 1. The van der Waals surface area contributed by atoms with E-state index in [0.29, 0.717) is 24.6 Å². The summed E-state index contributed by atoms with van der Waals surface area (Å²) >= 11 is 0. The van der Waals surface area contributed by atoms with Gasteiger partial charge in [0.15, 0.2) is 0 Å². The van der Waals surface area contributed by atoms with Gasteiger partial charge >= 0.3 is 0 Å². The summed E-state index contributed by atoms with van der Waals surface area (Å²) in [5.41, 5.74) is 0.543. The average Bonchev–Trinajstić information content (AvgIpc) is 2.48. The third kappa shape index (κ3) is 7.00. The standard InChI is InChI=1S/C16H26N2O4S/c1-4-6-9-12-18(23(3,20)21)13-16(19)17-14-10-7-8-11-15(14)22-5-2/h7-8,10-11H,4-6,9,12-13H2,1-3H3,(H,17,19). The molecule has 0 radical (unpaired) electrons. The molecule has 0 bridgehead atoms. The van der Waals surface area contributed by atoms with Gasteiger partial charge in [-0.05, 0) is 25.5 Å². The summed E-state index contributed by atoms with van der Waals surface area (Å²) in [6.07, 6.45) is 3.79. The average molecular weight is 342 g/mol. The van der Waals surface area contributed by atoms with Crippen molar-refractivity contribution >= 4 is 21.6 Å². The second kappa shape index (κ2) is 9.52. The number of hydrogen-bond acceptors (Lipinski definition) is 4. The van der Waals surface area contributed by atoms with Crippen LogP contribution in [-0.2, 0) is 14.8 Å². The van der Waals surface area contributed by atoms with E-state index in [9.17, 15) is 13.2 Å². The van der Waals surface area contributed by atoms with Gasteiger partial charge in [-0.1, -0.05) is 31.9 Å². The molecule has 0 aliphatic heterocycles. The molecule has 23 heavy (non-hydrogen) atoms. The zero-order chi connectivity index (χ0) is 17.3. The first-order valence-electron chi connectivity index (χ1n) is 7.85. The number of anilines is 1. The zero-order valence-corrected chi connectivity index (χ0v) is 14.9. The van der Waals surface area contributed by atoms with Gasteiger partial charge in [-0.2, -0.15) is 4.31 Å². The summed E-state index contributed by atoms with van der Waals surface area (Å²) < 4.78 is 30.3. The van der Waals surface area contributed by atoms with Gasteiger partial charge in [-0.3, -0.25) is 4.79 Å². The predicted octanol–water partition coefficient (Wildman–Crippen LogP) is 2.48. The van der Waals surface area contributed by atoms with Crippen molar-refractivity contribution in [2.75, 3.05) is 31.3 Å². The van der Waals surface area contributed by atoms with E-state index in [0.717, 1.165) is 25.5 Å². The summed E-state index contributed by atoms with van der Waals surface area (Å²) in [5, 5.41) is 2.72. The number of amides is 1. The number of para-hydroxylation sites is 2. The zero-order valence-electron chi connectivity index (χ0n) is 14.0. The number of rotatable bonds is 10. The maximum Gasteiger partial charge on any atom is 0.239 e. The van der Waals surface area contributed by atoms with Crippen LogP contribution in [0.1, 0.15) is 33.1 Å². The quantitative estimate of drug-likeness (QED) is 0.663. The van der Waals surface area contributed by atoms with Gasteiger partial charge in [0.1, 0.15) is 5.75 Å². The van der Waals surface area contributed by atoms with Crippen LogP contribution in [0.5, 0.6) is 5.75 Å². The van der Waals surface area contributed by atoms with Gasteiger partial charge in [0.05, 0.1) is 25.1 Å². The van der Waals surface area contributed by atoms with Crippen LogP contribution in [0.2, 0.25) is 0 Å². The molecule has 0 fully saturated rings. The van der Waals surface area contributed by atoms with Crippen molar-refractivity contribution in [1.29, 1.82) is 0 Å². The second-order valence-electron chi connectivity index (χ2n) is 5.28. The lowest BCUT2D eigenvalue weighted by Gasteiger charge is -2.19. The molecule has 0 saturated carbocycles. The van der Waals surface area contributed by atoms with E-state index in [-0.39, 0.29) is 12.5 Å². The van der Waals surface area contributed by atoms with Gasteiger partial charge in [0.25, 0.3) is 0 Å². The van der Waals surface area contributed by atoms with Crippen LogP contribution in [-0.4, -0.2) is 44.6 Å². The van der Waals surface area contributed by atoms with Gasteiger partial charge in [0, 0.05) is 6.54 Å². The summed E-state index contributed by atoms with van der Waals surface area (Å²) in [6, 6.07) is 7.08. The highest BCUT2D eigenvalue weighted by molar-refractivity contribution is 7.88. The van der Waals surface area contributed by atoms with Gasteiger partial charge < -0.3 is 10.1 Å². The van der Waals surface area contributed by atoms with Crippen LogP contribution < -0.4 is 10.1 Å². The first kappa shape index (κ1) is 19.4. The first-order valence-corrected chi connectivity index (χ1v) is 9.70. The fourth-order valence-corrected chi connectivity index (χ4v) is 2.91. The molecule has 1 amide bonds. The number of nitrogens with zero attached hydrogens (tertiary/aromatic N) is 1. The Hall–Kier alpha value is -1.60. The minimum Gasteiger partial charge on any atom is -0.492 e. The minimum atomic E-state index is -3.41. The third-order valence-corrected chi connectivity index (χ3v) is 4.51. The summed E-state index contributed by atoms with van der Waals surface area (Å²) in [7, 11) is -3.41. The Labute approximate surface area is 138 Å². The number of carbonyl (C=O) groups is 1. The molecule has 1 rings (SSSR count). The molecule has 0 aliphatic carbocycles. The Balaban J connectivity index is 2.72. The highest BCUT2D eigenvalue weighted by atomic mass is 32.2. The Morgan fingerprint density at radius 1 is 1.22 bits per heavy atom. The van der Waals surface area contributed by atoms with Crippen LogP contribution in [0, 0.1) is 0 Å². The van der Waals surface area contributed by atoms with E-state index in [1.54, 1.807) is 18.2 Å². The predicted molar refractivity (Wildman–Crippen MR) is 92.2 cm³/mol. The van der Waals surface area contributed by atoms with Crippen molar-refractivity contribution in [3.8, 4) is 5.75 Å². The fourth-order valence-electron chi connectivity index (χ4n) is 2.10. The van der Waals surface area contributed by atoms with Crippen LogP contribution in [0.3, 0.4) is 0 Å². The number of hydrogen-bond donors (Lipinski definition) is 1. The van der Waals surface area contributed by atoms with E-state index in [2.05, 4.69) is 5.32 Å². The SMILES string of the molecule is CCCCCN(CC(=O)Nc1ccccc1OCC)S(C)(=O)=O. The number of benzene rings is 1. The van der Waals surface area contributed by atoms with E-state index in [1.807, 2.05) is 19.9 Å². The van der Waals surface area contributed by atoms with Gasteiger partial charge in [-0.15, -0.1) is 0 Å². The van der Waals surface area contributed by atoms with Crippen LogP contribution in [0.4, 0.5) is 5.69 Å². The molecule has 0 unspecified atom stereocenters. The molecule has 0 aliphatic rings. The molecule has 130 valence electrons. The van der Waals surface area contributed by atoms with E-state index in [1.165, 1.54) is 4.31 Å². The number of carbonyl (C=O) groups excluding carboxylic acids is 1. The number of unbranched alkanes of at least 4 members (excludes halogenated alkanes) is 2. The molecule has 1 aromatic carbocycles. The van der Waals surface area contributed by atoms with Crippen molar-refractivity contribution in [1.82, 2.24) is 4.31 Å². The van der Waals surface area contributed by atoms with E-state index < -0.39 is 10.0 Å². The Kier molecular flexibility index (Phi) is 8.05. The summed E-state index contributed by atoms with van der Waals surface area (Å²) in [6.45, 7) is 4.55. The van der Waals surface area contributed by atoms with Crippen molar-refractivity contribution < 1.29 is 17.9 Å². The molecular weight excluding hydrogens is 316 g/mol. The van der Waals surface area contributed by atoms with Crippen LogP contribution in [0.15, 0.2) is 24.3 Å². The van der Waals surface area contributed by atoms with E-state index >= 15 is 0 Å². The third-order valence-electron chi connectivity index (χ3n) is 3.26. The van der Waals surface area contributed by atoms with E-state index in [4.69, 9.17) is 4.74 Å². The van der Waals surface area contributed by atoms with Crippen LogP contribution in [0.25, 0.3) is 0 Å². The Morgan fingerprint density at radius 2 is 1.91 bits per heavy atom. The molecule has 0 aromatic heterocycles. The van der Waals surface area contributed by atoms with Crippen molar-refractivity contribution in [3.05, 3.63) is 24.3 Å². The molecule has 6 nitrogen and oxygen atoms in total. The van der Waals surface area contributed by atoms with Gasteiger partial charge in [0.2, 0.25) is 15.9 Å². The minimum absolute atomic E-state index is 0.191. The Bertz CT molecular complexity index is 602. The second-order valence-corrected chi connectivity index (χ2v) is 7.26. The molecule has 7 heteroatoms. The maximum atomic E-state index is 12.2. The molecular formula is C16H26N2O4S. The lowest BCUT2D eigenvalue weighted by Crippen LogP contribution is -2.38. The molecule has 0 atom stereocenters. The number of sulfonamides is 1. The topological polar surface area (TPSA) is 75.7 Å². The largest absolute Gasteiger partial charge is 0.492 e. The lowest BCUT2D eigenvalue weighted by atomic mass is 10.2. The monoisotopic (exact) mass is 342 g/mol. The molecule has 0 saturated heterocycles. The van der Waals surface area contributed by atoms with Crippen molar-refractivity contribution in [2.45, 2.75) is 33.1 Å². The van der Waals surface area contributed by atoms with Crippen molar-refractivity contribution in [2.24, 2.45) is 0 Å². The summed E-state index contributed by atoms with van der Waals surface area (Å²) in [4.78, 5) is 12.2. The normalized spacial score (nSPS) is 11.5. The molecule has 1 N–H and O–H groups in total. The van der Waals surface area contributed by atoms with Crippen LogP contribution >= 0.6 is 0 Å². The lowest BCUT2D eigenvalue weighted by molar-refractivity contribution is -0.116. The maximum absolute atomic E-state index is 12.2. The van der Waals surface area contributed by atoms with Gasteiger partial charge in [-0.25, -0.2) is 8.42 Å². The Morgan fingerprint density at radius 3 is 2.52 bits per heavy atom. The molecule has 0 heterocycles. The number of nitrogens with one attached hydrogen (secondary N) is 1. The fraction of sp³-hybridized carbons (Fsp3) is 0.562. The highest BCUT2D eigenvalue weighted by Crippen LogP contribution is 2.23. The first-order chi connectivity index (χ1) is 10.9. The van der Waals surface area contributed by atoms with Crippen molar-refractivity contribution in [3.63, 3.8) is 0 Å². The summed E-state index contributed by atoms with van der Waals surface area (Å²) in [5.74, 6) is 0.194. The smallest absolute Gasteiger partial charge is 0.239 e. The molecule has 0 spiro atoms. The molecule has 1 aromatic rings. The highest BCUT2D eigenvalue weighted by Gasteiger charge is 2.20.